The van der Waals surface area contributed by atoms with Crippen molar-refractivity contribution in [1.29, 1.82) is 0 Å². The Balaban J connectivity index is 2.27. The van der Waals surface area contributed by atoms with Crippen LogP contribution in [0.2, 0.25) is 0 Å². The number of hydrogen-bond donors (Lipinski definition) is 1. The lowest BCUT2D eigenvalue weighted by Crippen LogP contribution is -2.34. The first-order chi connectivity index (χ1) is 8.17. The maximum Gasteiger partial charge on any atom is 0.312 e. The van der Waals surface area contributed by atoms with Gasteiger partial charge in [-0.15, -0.1) is 0 Å². The minimum Gasteiger partial charge on any atom is -0.497 e. The summed E-state index contributed by atoms with van der Waals surface area (Å²) in [5, 5.41) is 0. The van der Waals surface area contributed by atoms with Crippen LogP contribution in [-0.4, -0.2) is 12.1 Å². The quantitative estimate of drug-likeness (QED) is 0.794. The van der Waals surface area contributed by atoms with Crippen molar-refractivity contribution in [2.24, 2.45) is 7.05 Å². The van der Waals surface area contributed by atoms with Gasteiger partial charge in [0.25, 0.3) is 0 Å². The molecule has 0 saturated carbocycles. The van der Waals surface area contributed by atoms with E-state index in [0.29, 0.717) is 6.42 Å². The maximum atomic E-state index is 11.3. The van der Waals surface area contributed by atoms with Crippen molar-refractivity contribution in [3.63, 3.8) is 0 Å². The Bertz CT molecular complexity index is 576. The molecule has 0 aliphatic rings. The third-order valence-corrected chi connectivity index (χ3v) is 2.49. The van der Waals surface area contributed by atoms with Crippen LogP contribution in [0, 0.1) is 0 Å². The minimum absolute atomic E-state index is 0.0899. The summed E-state index contributed by atoms with van der Waals surface area (Å²) in [5.41, 5.74) is 1.90. The first-order valence-electron chi connectivity index (χ1n) is 5.39. The summed E-state index contributed by atoms with van der Waals surface area (Å²) in [6.07, 6.45) is 4.09. The summed E-state index contributed by atoms with van der Waals surface area (Å²) < 4.78 is 6.92. The molecule has 1 N–H and O–H groups in total. The van der Waals surface area contributed by atoms with E-state index in [-0.39, 0.29) is 5.56 Å². The Kier molecular flexibility index (Phi) is 3.23. The fourth-order valence-corrected chi connectivity index (χ4v) is 1.78. The molecule has 1 aromatic heterocycles. The van der Waals surface area contributed by atoms with Crippen LogP contribution < -0.4 is 14.9 Å². The van der Waals surface area contributed by atoms with Crippen LogP contribution in [-0.2, 0) is 13.5 Å². The van der Waals surface area contributed by atoms with Gasteiger partial charge in [0, 0.05) is 6.42 Å². The van der Waals surface area contributed by atoms with Gasteiger partial charge in [0.2, 0.25) is 6.20 Å². The number of H-pyrrole nitrogens is 1. The van der Waals surface area contributed by atoms with E-state index in [1.165, 1.54) is 6.20 Å². The van der Waals surface area contributed by atoms with Crippen LogP contribution in [0.25, 0.3) is 0 Å². The molecule has 0 saturated heterocycles. The Labute approximate surface area is 99.5 Å². The van der Waals surface area contributed by atoms with E-state index in [1.54, 1.807) is 11.7 Å². The van der Waals surface area contributed by atoms with Gasteiger partial charge in [-0.2, -0.15) is 0 Å². The predicted octanol–water partition coefficient (Wildman–Crippen LogP) is 0.799. The highest BCUT2D eigenvalue weighted by molar-refractivity contribution is 5.30. The highest BCUT2D eigenvalue weighted by Gasteiger charge is 2.04. The molecule has 1 aromatic carbocycles. The number of rotatable bonds is 3. The number of aryl methyl sites for hydroxylation is 1. The van der Waals surface area contributed by atoms with Crippen LogP contribution >= 0.6 is 0 Å². The first-order valence-corrected chi connectivity index (χ1v) is 5.39. The molecule has 2 aromatic rings. The van der Waals surface area contributed by atoms with E-state index in [1.807, 2.05) is 37.5 Å². The molecule has 17 heavy (non-hydrogen) atoms. The molecule has 0 bridgehead atoms. The summed E-state index contributed by atoms with van der Waals surface area (Å²) in [5.74, 6) is 0.824. The number of aromatic amines is 1. The Morgan fingerprint density at radius 3 is 2.88 bits per heavy atom. The fraction of sp³-hybridized carbons (Fsp3) is 0.231. The SMILES string of the molecule is COc1cccc(Cc2c[n+](C)cc(=O)[nH]2)c1. The van der Waals surface area contributed by atoms with E-state index in [0.717, 1.165) is 17.0 Å². The van der Waals surface area contributed by atoms with E-state index in [2.05, 4.69) is 4.98 Å². The summed E-state index contributed by atoms with van der Waals surface area (Å²) in [6, 6.07) is 7.81. The lowest BCUT2D eigenvalue weighted by molar-refractivity contribution is -0.673. The van der Waals surface area contributed by atoms with Gasteiger partial charge in [0.15, 0.2) is 6.20 Å². The number of nitrogens with one attached hydrogen (secondary N) is 1. The topological polar surface area (TPSA) is 46.0 Å². The lowest BCUT2D eigenvalue weighted by atomic mass is 10.1. The van der Waals surface area contributed by atoms with Gasteiger partial charge in [-0.1, -0.05) is 12.1 Å². The zero-order valence-electron chi connectivity index (χ0n) is 9.93. The predicted molar refractivity (Wildman–Crippen MR) is 64.0 cm³/mol. The van der Waals surface area contributed by atoms with Gasteiger partial charge in [-0.25, -0.2) is 4.57 Å². The molecule has 4 heteroatoms. The number of ether oxygens (including phenoxy) is 1. The van der Waals surface area contributed by atoms with Gasteiger partial charge in [0.1, 0.15) is 12.8 Å². The van der Waals surface area contributed by atoms with E-state index in [9.17, 15) is 4.79 Å². The second-order valence-corrected chi connectivity index (χ2v) is 3.97. The van der Waals surface area contributed by atoms with Gasteiger partial charge in [-0.3, -0.25) is 4.79 Å². The lowest BCUT2D eigenvalue weighted by Gasteiger charge is -2.03. The molecule has 2 rings (SSSR count). The first kappa shape index (κ1) is 11.4. The van der Waals surface area contributed by atoms with Crippen molar-refractivity contribution in [3.05, 3.63) is 58.3 Å². The Morgan fingerprint density at radius 1 is 1.35 bits per heavy atom. The number of aromatic nitrogens is 2. The summed E-state index contributed by atoms with van der Waals surface area (Å²) in [6.45, 7) is 0. The molecule has 0 aliphatic carbocycles. The fourth-order valence-electron chi connectivity index (χ4n) is 1.78. The molecule has 0 spiro atoms. The van der Waals surface area contributed by atoms with Crippen LogP contribution in [0.5, 0.6) is 5.75 Å². The average Bonchev–Trinajstić information content (AvgIpc) is 2.28. The van der Waals surface area contributed by atoms with Crippen molar-refractivity contribution in [1.82, 2.24) is 4.98 Å². The smallest absolute Gasteiger partial charge is 0.312 e. The molecule has 88 valence electrons. The summed E-state index contributed by atoms with van der Waals surface area (Å²) in [7, 11) is 3.48. The highest BCUT2D eigenvalue weighted by Crippen LogP contribution is 2.14. The van der Waals surface area contributed by atoms with Crippen LogP contribution in [0.4, 0.5) is 0 Å². The third-order valence-electron chi connectivity index (χ3n) is 2.49. The number of hydrogen-bond acceptors (Lipinski definition) is 2. The van der Waals surface area contributed by atoms with Crippen LogP contribution in [0.1, 0.15) is 11.3 Å². The molecular weight excluding hydrogens is 216 g/mol. The molecule has 1 heterocycles. The maximum absolute atomic E-state index is 11.3. The van der Waals surface area contributed by atoms with Gasteiger partial charge >= 0.3 is 5.56 Å². The number of benzene rings is 1. The van der Waals surface area contributed by atoms with E-state index >= 15 is 0 Å². The Morgan fingerprint density at radius 2 is 2.18 bits per heavy atom. The monoisotopic (exact) mass is 231 g/mol. The van der Waals surface area contributed by atoms with Crippen LogP contribution in [0.15, 0.2) is 41.5 Å². The molecular formula is C13H15N2O2+. The minimum atomic E-state index is -0.0899. The normalized spacial score (nSPS) is 10.2. The van der Waals surface area contributed by atoms with Crippen molar-refractivity contribution in [2.75, 3.05) is 7.11 Å². The van der Waals surface area contributed by atoms with Gasteiger partial charge in [0.05, 0.1) is 12.8 Å². The summed E-state index contributed by atoms with van der Waals surface area (Å²) >= 11 is 0. The second-order valence-electron chi connectivity index (χ2n) is 3.97. The zero-order chi connectivity index (χ0) is 12.3. The number of methoxy groups -OCH3 is 1. The number of nitrogens with zero attached hydrogens (tertiary/aromatic N) is 1. The molecule has 0 unspecified atom stereocenters. The van der Waals surface area contributed by atoms with Gasteiger partial charge in [-0.05, 0) is 17.7 Å². The van der Waals surface area contributed by atoms with Crippen molar-refractivity contribution in [2.45, 2.75) is 6.42 Å². The average molecular weight is 231 g/mol. The Hall–Kier alpha value is -2.10. The molecule has 0 amide bonds. The van der Waals surface area contributed by atoms with Crippen molar-refractivity contribution < 1.29 is 9.30 Å². The second kappa shape index (κ2) is 4.82. The van der Waals surface area contributed by atoms with Gasteiger partial charge < -0.3 is 9.72 Å². The van der Waals surface area contributed by atoms with E-state index < -0.39 is 0 Å². The largest absolute Gasteiger partial charge is 0.497 e. The molecule has 0 aliphatic heterocycles. The summed E-state index contributed by atoms with van der Waals surface area (Å²) in [4.78, 5) is 14.1. The van der Waals surface area contributed by atoms with Crippen molar-refractivity contribution >= 4 is 0 Å². The molecule has 0 fully saturated rings. The van der Waals surface area contributed by atoms with E-state index in [4.69, 9.17) is 4.74 Å². The highest BCUT2D eigenvalue weighted by atomic mass is 16.5. The van der Waals surface area contributed by atoms with Crippen LogP contribution in [0.3, 0.4) is 0 Å². The standard InChI is InChI=1S/C13H14N2O2/c1-15-8-11(14-13(16)9-15)6-10-4-3-5-12(7-10)17-2/h3-5,7-9H,6H2,1-2H3/p+1. The van der Waals surface area contributed by atoms with Crippen molar-refractivity contribution in [3.8, 4) is 5.75 Å². The molecule has 0 radical (unpaired) electrons. The zero-order valence-corrected chi connectivity index (χ0v) is 9.93. The molecule has 0 atom stereocenters. The molecule has 4 nitrogen and oxygen atoms in total. The third kappa shape index (κ3) is 2.93.